The van der Waals surface area contributed by atoms with Crippen LogP contribution in [-0.4, -0.2) is 0 Å². The number of para-hydroxylation sites is 1. The summed E-state index contributed by atoms with van der Waals surface area (Å²) < 4.78 is 6.54. The number of furan rings is 1. The third-order valence-corrected chi connectivity index (χ3v) is 11.2. The van der Waals surface area contributed by atoms with Gasteiger partial charge in [-0.3, -0.25) is 0 Å². The number of hydrogen-bond donors (Lipinski definition) is 0. The number of fused-ring (bicyclic) bond motifs is 7. The molecule has 1 aromatic heterocycles. The van der Waals surface area contributed by atoms with Crippen LogP contribution in [0.1, 0.15) is 0 Å². The van der Waals surface area contributed by atoms with Gasteiger partial charge in [0.25, 0.3) is 0 Å². The summed E-state index contributed by atoms with van der Waals surface area (Å²) in [6.07, 6.45) is 0. The van der Waals surface area contributed by atoms with E-state index in [1.165, 1.54) is 54.6 Å². The molecule has 1 heterocycles. The van der Waals surface area contributed by atoms with E-state index in [1.807, 2.05) is 0 Å². The Balaban J connectivity index is 1.02. The topological polar surface area (TPSA) is 16.4 Å². The van der Waals surface area contributed by atoms with Gasteiger partial charge in [0, 0.05) is 27.7 Å². The molecule has 262 valence electrons. The summed E-state index contributed by atoms with van der Waals surface area (Å²) in [7, 11) is 0. The minimum absolute atomic E-state index is 0.883. The van der Waals surface area contributed by atoms with Crippen LogP contribution in [0.5, 0.6) is 0 Å². The van der Waals surface area contributed by atoms with E-state index in [-0.39, 0.29) is 0 Å². The van der Waals surface area contributed by atoms with Crippen molar-refractivity contribution in [1.82, 2.24) is 0 Å². The average Bonchev–Trinajstić information content (AvgIpc) is 3.63. The quantitative estimate of drug-likeness (QED) is 0.160. The van der Waals surface area contributed by atoms with Gasteiger partial charge in [-0.2, -0.15) is 0 Å². The third-order valence-electron chi connectivity index (χ3n) is 11.2. The zero-order chi connectivity index (χ0) is 37.0. The molecule has 11 rings (SSSR count). The summed E-state index contributed by atoms with van der Waals surface area (Å²) in [6.45, 7) is 0. The Morgan fingerprint density at radius 2 is 0.821 bits per heavy atom. The molecule has 2 heteroatoms. The third kappa shape index (κ3) is 5.51. The van der Waals surface area contributed by atoms with Crippen LogP contribution in [0.25, 0.3) is 87.6 Å². The zero-order valence-electron chi connectivity index (χ0n) is 30.6. The maximum atomic E-state index is 6.54. The Hall–Kier alpha value is -7.42. The van der Waals surface area contributed by atoms with E-state index in [0.29, 0.717) is 0 Å². The molecule has 0 unspecified atom stereocenters. The molecular weight excluding hydrogens is 679 g/mol. The summed E-state index contributed by atoms with van der Waals surface area (Å²) in [4.78, 5) is 2.37. The Morgan fingerprint density at radius 1 is 0.286 bits per heavy atom. The molecule has 0 N–H and O–H groups in total. The van der Waals surface area contributed by atoms with Crippen molar-refractivity contribution < 1.29 is 4.42 Å². The Kier molecular flexibility index (Phi) is 7.53. The molecule has 56 heavy (non-hydrogen) atoms. The van der Waals surface area contributed by atoms with Crippen molar-refractivity contribution >= 4 is 71.3 Å². The summed E-state index contributed by atoms with van der Waals surface area (Å²) in [5.74, 6) is 0. The van der Waals surface area contributed by atoms with E-state index in [4.69, 9.17) is 4.42 Å². The van der Waals surface area contributed by atoms with Crippen molar-refractivity contribution in [2.24, 2.45) is 0 Å². The highest BCUT2D eigenvalue weighted by atomic mass is 16.3. The molecule has 0 bridgehead atoms. The fourth-order valence-corrected chi connectivity index (χ4v) is 8.40. The van der Waals surface area contributed by atoms with Gasteiger partial charge in [-0.1, -0.05) is 152 Å². The maximum absolute atomic E-state index is 6.54. The highest BCUT2D eigenvalue weighted by Crippen LogP contribution is 2.43. The van der Waals surface area contributed by atoms with Crippen molar-refractivity contribution in [3.63, 3.8) is 0 Å². The Morgan fingerprint density at radius 3 is 1.61 bits per heavy atom. The Bertz CT molecular complexity index is 3230. The summed E-state index contributed by atoms with van der Waals surface area (Å²) in [6, 6.07) is 76.5. The predicted octanol–water partition coefficient (Wildman–Crippen LogP) is 15.5. The smallest absolute Gasteiger partial charge is 0.136 e. The van der Waals surface area contributed by atoms with Crippen LogP contribution in [0, 0.1) is 0 Å². The summed E-state index contributed by atoms with van der Waals surface area (Å²) in [5, 5.41) is 9.72. The first kappa shape index (κ1) is 32.0. The first-order valence-corrected chi connectivity index (χ1v) is 19.2. The first-order valence-electron chi connectivity index (χ1n) is 19.2. The zero-order valence-corrected chi connectivity index (χ0v) is 30.6. The van der Waals surface area contributed by atoms with Crippen molar-refractivity contribution in [2.45, 2.75) is 0 Å². The van der Waals surface area contributed by atoms with Gasteiger partial charge >= 0.3 is 0 Å². The molecule has 0 fully saturated rings. The number of anilines is 3. The van der Waals surface area contributed by atoms with Crippen LogP contribution in [0.4, 0.5) is 17.1 Å². The van der Waals surface area contributed by atoms with Crippen molar-refractivity contribution in [2.75, 3.05) is 4.90 Å². The molecule has 0 atom stereocenters. The molecule has 2 nitrogen and oxygen atoms in total. The van der Waals surface area contributed by atoms with Crippen LogP contribution >= 0.6 is 0 Å². The molecule has 0 radical (unpaired) electrons. The maximum Gasteiger partial charge on any atom is 0.136 e. The van der Waals surface area contributed by atoms with E-state index in [9.17, 15) is 0 Å². The van der Waals surface area contributed by atoms with E-state index < -0.39 is 0 Å². The molecule has 11 aromatic rings. The van der Waals surface area contributed by atoms with Crippen molar-refractivity contribution in [1.29, 1.82) is 0 Å². The summed E-state index contributed by atoms with van der Waals surface area (Å²) >= 11 is 0. The molecule has 0 saturated carbocycles. The second kappa shape index (κ2) is 13.2. The van der Waals surface area contributed by atoms with Crippen LogP contribution in [0.3, 0.4) is 0 Å². The van der Waals surface area contributed by atoms with Crippen LogP contribution in [0.2, 0.25) is 0 Å². The van der Waals surface area contributed by atoms with Crippen LogP contribution < -0.4 is 4.90 Å². The van der Waals surface area contributed by atoms with Gasteiger partial charge < -0.3 is 9.32 Å². The monoisotopic (exact) mass is 713 g/mol. The minimum Gasteiger partial charge on any atom is -0.456 e. The first-order chi connectivity index (χ1) is 27.7. The lowest BCUT2D eigenvalue weighted by Gasteiger charge is -2.28. The molecule has 0 spiro atoms. The van der Waals surface area contributed by atoms with E-state index >= 15 is 0 Å². The number of benzene rings is 10. The number of hydrogen-bond acceptors (Lipinski definition) is 2. The number of nitrogens with zero attached hydrogens (tertiary/aromatic N) is 1. The highest BCUT2D eigenvalue weighted by molar-refractivity contribution is 6.11. The molecular formula is C54H35NO. The van der Waals surface area contributed by atoms with Gasteiger partial charge in [0.05, 0.1) is 5.69 Å². The van der Waals surface area contributed by atoms with Gasteiger partial charge in [0.2, 0.25) is 0 Å². The lowest BCUT2D eigenvalue weighted by atomic mass is 9.97. The molecule has 0 aliphatic carbocycles. The van der Waals surface area contributed by atoms with Gasteiger partial charge in [-0.05, 0) is 121 Å². The lowest BCUT2D eigenvalue weighted by Crippen LogP contribution is -2.11. The fraction of sp³-hybridized carbons (Fsp3) is 0. The molecule has 0 amide bonds. The van der Waals surface area contributed by atoms with E-state index in [2.05, 4.69) is 217 Å². The highest BCUT2D eigenvalue weighted by Gasteiger charge is 2.19. The SMILES string of the molecule is c1ccc(-c2ccc(N(c3ccc(-c4ccc5c(ccc6ccccc65)c4)cc3)c3ccccc3-c3ccc4c(c3)oc3cc5ccccc5cc34)cc2)cc1. The second-order valence-electron chi connectivity index (χ2n) is 14.5. The minimum atomic E-state index is 0.883. The normalized spacial score (nSPS) is 11.6. The fourth-order valence-electron chi connectivity index (χ4n) is 8.40. The van der Waals surface area contributed by atoms with E-state index in [0.717, 1.165) is 50.1 Å². The standard InChI is InChI=1S/C54H35NO/c1-2-10-36(11-3-1)37-20-26-45(27-21-37)55(46-28-22-38(23-29-46)42-24-30-48-43(32-42)19-18-39-12-6-7-15-47(39)48)52-17-9-8-16-49(52)44-25-31-50-51-33-40-13-4-5-14-41(40)34-54(51)56-53(50)35-44/h1-35H. The van der Waals surface area contributed by atoms with Crippen molar-refractivity contribution in [3.8, 4) is 33.4 Å². The largest absolute Gasteiger partial charge is 0.456 e. The molecule has 0 aliphatic heterocycles. The molecule has 10 aromatic carbocycles. The Labute approximate surface area is 325 Å². The predicted molar refractivity (Wildman–Crippen MR) is 237 cm³/mol. The average molecular weight is 714 g/mol. The van der Waals surface area contributed by atoms with Gasteiger partial charge in [-0.15, -0.1) is 0 Å². The van der Waals surface area contributed by atoms with Gasteiger partial charge in [-0.25, -0.2) is 0 Å². The van der Waals surface area contributed by atoms with Gasteiger partial charge in [0.15, 0.2) is 0 Å². The molecule has 0 aliphatic rings. The summed E-state index contributed by atoms with van der Waals surface area (Å²) in [5.41, 5.74) is 12.0. The van der Waals surface area contributed by atoms with Gasteiger partial charge in [0.1, 0.15) is 11.2 Å². The van der Waals surface area contributed by atoms with Crippen molar-refractivity contribution in [3.05, 3.63) is 212 Å². The van der Waals surface area contributed by atoms with Crippen LogP contribution in [-0.2, 0) is 0 Å². The molecule has 0 saturated heterocycles. The van der Waals surface area contributed by atoms with Crippen LogP contribution in [0.15, 0.2) is 217 Å². The second-order valence-corrected chi connectivity index (χ2v) is 14.5. The van der Waals surface area contributed by atoms with E-state index in [1.54, 1.807) is 0 Å². The lowest BCUT2D eigenvalue weighted by molar-refractivity contribution is 0.669. The number of rotatable bonds is 6.